The molecule has 2 nitrogen and oxygen atoms in total. The van der Waals surface area contributed by atoms with Crippen molar-refractivity contribution in [1.82, 2.24) is 1.34 Å². The van der Waals surface area contributed by atoms with E-state index in [-0.39, 0.29) is 0 Å². The van der Waals surface area contributed by atoms with E-state index in [2.05, 4.69) is 56.9 Å². The standard InChI is InChI=1S/C8H16NO.6C4H9.2Sn/c1-3-4-5-6-8(7-9)10-2;6*1-3-4-2;;/h8H,2-7H2,1H3;6*1,3-4H2,2H3;;. The predicted octanol–water partition coefficient (Wildman–Crippen LogP) is 11.7. The van der Waals surface area contributed by atoms with E-state index in [1.54, 1.807) is 26.6 Å². The van der Waals surface area contributed by atoms with Crippen molar-refractivity contribution in [3.05, 3.63) is 7.11 Å². The third kappa shape index (κ3) is 14.2. The van der Waals surface area contributed by atoms with Gasteiger partial charge in [-0.2, -0.15) is 0 Å². The normalized spacial score (nSPS) is 13.6. The molecule has 0 aliphatic rings. The number of hydrogen-bond donors (Lipinski definition) is 0. The molecule has 0 aliphatic carbocycles. The van der Waals surface area contributed by atoms with Crippen LogP contribution in [-0.4, -0.2) is 51.3 Å². The van der Waals surface area contributed by atoms with Crippen LogP contribution in [-0.2, 0) is 4.74 Å². The molecule has 0 aromatic heterocycles. The van der Waals surface area contributed by atoms with E-state index in [0.29, 0.717) is 6.10 Å². The van der Waals surface area contributed by atoms with Gasteiger partial charge in [0.25, 0.3) is 0 Å². The minimum atomic E-state index is -2.59. The van der Waals surface area contributed by atoms with Gasteiger partial charge in [0.2, 0.25) is 0 Å². The number of hydrogen-bond acceptors (Lipinski definition) is 2. The molecule has 0 aromatic rings. The summed E-state index contributed by atoms with van der Waals surface area (Å²) >= 11 is -5.19. The second-order valence-electron chi connectivity index (χ2n) is 12.0. The van der Waals surface area contributed by atoms with Crippen LogP contribution in [0.15, 0.2) is 0 Å². The maximum atomic E-state index is 6.12. The molecule has 0 bridgehead atoms. The van der Waals surface area contributed by atoms with E-state index in [4.69, 9.17) is 4.74 Å². The fraction of sp³-hybridized carbons (Fsp3) is 0.969. The molecule has 0 spiro atoms. The monoisotopic (exact) mass is 724 g/mol. The zero-order valence-corrected chi connectivity index (χ0v) is 32.1. The van der Waals surface area contributed by atoms with Crippen molar-refractivity contribution in [1.29, 1.82) is 0 Å². The fourth-order valence-electron chi connectivity index (χ4n) is 6.54. The number of rotatable bonds is 27. The van der Waals surface area contributed by atoms with E-state index >= 15 is 0 Å². The zero-order valence-electron chi connectivity index (χ0n) is 26.4. The first-order chi connectivity index (χ1) is 17.5. The molecule has 0 aromatic carbocycles. The van der Waals surface area contributed by atoms with Gasteiger partial charge < -0.3 is 0 Å². The van der Waals surface area contributed by atoms with E-state index in [9.17, 15) is 0 Å². The summed E-state index contributed by atoms with van der Waals surface area (Å²) in [7, 11) is 4.07. The van der Waals surface area contributed by atoms with Gasteiger partial charge >= 0.3 is 241 Å². The number of unbranched alkanes of at least 4 members (excludes halogenated alkanes) is 8. The Morgan fingerprint density at radius 2 is 0.806 bits per heavy atom. The Kier molecular flexibility index (Phi) is 25.4. The van der Waals surface area contributed by atoms with Crippen LogP contribution in [0.2, 0.25) is 26.6 Å². The van der Waals surface area contributed by atoms with Crippen molar-refractivity contribution in [2.24, 2.45) is 0 Å². The summed E-state index contributed by atoms with van der Waals surface area (Å²) in [5.74, 6) is 0. The number of ether oxygens (including phenoxy) is 1. The van der Waals surface area contributed by atoms with Gasteiger partial charge in [-0.1, -0.05) is 0 Å². The summed E-state index contributed by atoms with van der Waals surface area (Å²) in [6.07, 6.45) is 22.6. The molecule has 0 heterocycles. The molecular formula is C32H70NOSn2. The van der Waals surface area contributed by atoms with Crippen molar-refractivity contribution in [3.8, 4) is 0 Å². The summed E-state index contributed by atoms with van der Waals surface area (Å²) in [4.78, 5) is 0. The molecule has 217 valence electrons. The van der Waals surface area contributed by atoms with Crippen LogP contribution in [0.1, 0.15) is 151 Å². The Morgan fingerprint density at radius 3 is 1.06 bits per heavy atom. The van der Waals surface area contributed by atoms with Gasteiger partial charge in [0.05, 0.1) is 0 Å². The van der Waals surface area contributed by atoms with Crippen LogP contribution >= 0.6 is 0 Å². The van der Waals surface area contributed by atoms with Crippen molar-refractivity contribution >= 4 is 37.3 Å². The number of nitrogens with zero attached hydrogens (tertiary/aromatic N) is 1. The molecule has 1 atom stereocenters. The van der Waals surface area contributed by atoms with Gasteiger partial charge in [-0.3, -0.25) is 0 Å². The van der Waals surface area contributed by atoms with Crippen LogP contribution in [0.3, 0.4) is 0 Å². The SMILES string of the molecule is [CH2]OC(CCCCC)C[N]([Sn]([CH2]CCC)([CH2]CCC)[CH2]CCC)[Sn]([CH2]CCC)([CH2]CCC)[CH2]CCC. The Bertz CT molecular complexity index is 398. The van der Waals surface area contributed by atoms with Crippen LogP contribution < -0.4 is 0 Å². The molecule has 36 heavy (non-hydrogen) atoms. The van der Waals surface area contributed by atoms with E-state index in [0.717, 1.165) is 0 Å². The molecule has 1 radical (unpaired) electrons. The van der Waals surface area contributed by atoms with Crippen LogP contribution in [0.25, 0.3) is 0 Å². The first-order valence-electron chi connectivity index (χ1n) is 16.7. The summed E-state index contributed by atoms with van der Waals surface area (Å²) in [5.41, 5.74) is 0. The molecule has 0 rings (SSSR count). The molecule has 4 heteroatoms. The Morgan fingerprint density at radius 1 is 0.500 bits per heavy atom. The summed E-state index contributed by atoms with van der Waals surface area (Å²) in [6.45, 7) is 18.2. The topological polar surface area (TPSA) is 12.5 Å². The Hall–Kier alpha value is 1.52. The molecule has 1 unspecified atom stereocenters. The average molecular weight is 722 g/mol. The van der Waals surface area contributed by atoms with Crippen LogP contribution in [0.4, 0.5) is 0 Å². The molecule has 0 amide bonds. The molecule has 0 N–H and O–H groups in total. The predicted molar refractivity (Wildman–Crippen MR) is 171 cm³/mol. The van der Waals surface area contributed by atoms with Gasteiger partial charge in [0.1, 0.15) is 0 Å². The van der Waals surface area contributed by atoms with E-state index in [1.807, 2.05) is 0 Å². The van der Waals surface area contributed by atoms with Gasteiger partial charge in [-0.15, -0.1) is 0 Å². The van der Waals surface area contributed by atoms with Crippen LogP contribution in [0, 0.1) is 7.11 Å². The second-order valence-corrected chi connectivity index (χ2v) is 41.2. The van der Waals surface area contributed by atoms with E-state index in [1.165, 1.54) is 109 Å². The van der Waals surface area contributed by atoms with Gasteiger partial charge in [-0.05, 0) is 0 Å². The first kappa shape index (κ1) is 37.5. The zero-order chi connectivity index (χ0) is 27.1. The van der Waals surface area contributed by atoms with Gasteiger partial charge in [-0.25, -0.2) is 0 Å². The quantitative estimate of drug-likeness (QED) is 0.0618. The molecule has 0 fully saturated rings. The van der Waals surface area contributed by atoms with Gasteiger partial charge in [0.15, 0.2) is 0 Å². The molecule has 0 aliphatic heterocycles. The van der Waals surface area contributed by atoms with E-state index < -0.39 is 37.3 Å². The first-order valence-corrected chi connectivity index (χ1v) is 31.3. The summed E-state index contributed by atoms with van der Waals surface area (Å²) in [6, 6.07) is 0. The van der Waals surface area contributed by atoms with Crippen molar-refractivity contribution in [3.63, 3.8) is 0 Å². The maximum absolute atomic E-state index is 6.12. The second kappa shape index (κ2) is 24.3. The molecule has 0 saturated carbocycles. The third-order valence-corrected chi connectivity index (χ3v) is 56.6. The van der Waals surface area contributed by atoms with Gasteiger partial charge in [0, 0.05) is 0 Å². The summed E-state index contributed by atoms with van der Waals surface area (Å²) < 4.78 is 19.4. The van der Waals surface area contributed by atoms with Crippen molar-refractivity contribution in [2.45, 2.75) is 184 Å². The van der Waals surface area contributed by atoms with Crippen molar-refractivity contribution < 1.29 is 4.74 Å². The Balaban J connectivity index is 6.80. The van der Waals surface area contributed by atoms with Crippen molar-refractivity contribution in [2.75, 3.05) is 6.54 Å². The molecular weight excluding hydrogens is 652 g/mol. The Labute approximate surface area is 239 Å². The minimum absolute atomic E-state index is 0.360. The third-order valence-electron chi connectivity index (χ3n) is 8.87. The summed E-state index contributed by atoms with van der Waals surface area (Å²) in [5, 5.41) is 0. The van der Waals surface area contributed by atoms with Crippen LogP contribution in [0.5, 0.6) is 0 Å². The fourth-order valence-corrected chi connectivity index (χ4v) is 71.1. The average Bonchev–Trinajstić information content (AvgIpc) is 2.90. The molecule has 0 saturated heterocycles.